The predicted octanol–water partition coefficient (Wildman–Crippen LogP) is 3.26. The van der Waals surface area contributed by atoms with Crippen molar-refractivity contribution in [3.8, 4) is 5.88 Å². The average molecular weight is 453 g/mol. The average Bonchev–Trinajstić information content (AvgIpc) is 3.09. The quantitative estimate of drug-likeness (QED) is 0.504. The molecule has 0 aliphatic carbocycles. The lowest BCUT2D eigenvalue weighted by Gasteiger charge is -2.08. The number of hydrogen-bond acceptors (Lipinski definition) is 8. The van der Waals surface area contributed by atoms with Crippen LogP contribution in [0.5, 0.6) is 5.88 Å². The van der Waals surface area contributed by atoms with E-state index in [0.29, 0.717) is 46.9 Å². The van der Waals surface area contributed by atoms with Gasteiger partial charge in [0, 0.05) is 36.6 Å². The fraction of sp³-hybridized carbons (Fsp3) is 0.316. The summed E-state index contributed by atoms with van der Waals surface area (Å²) in [4.78, 5) is 24.6. The summed E-state index contributed by atoms with van der Waals surface area (Å²) in [5, 5.41) is 11.5. The maximum Gasteiger partial charge on any atom is 0.434 e. The first-order chi connectivity index (χ1) is 14.8. The molecule has 12 heteroatoms. The van der Waals surface area contributed by atoms with Crippen molar-refractivity contribution in [1.29, 1.82) is 0 Å². The maximum atomic E-state index is 12.8. The molecule has 0 aliphatic heterocycles. The number of alkyl halides is 3. The molecule has 0 radical (unpaired) electrons. The van der Waals surface area contributed by atoms with Crippen LogP contribution in [0.3, 0.4) is 0 Å². The first-order valence-electron chi connectivity index (χ1n) is 9.12. The topological polar surface area (TPSA) is 110 Å². The summed E-state index contributed by atoms with van der Waals surface area (Å²) in [7, 11) is 0. The van der Waals surface area contributed by atoms with Crippen LogP contribution in [0.4, 0.5) is 18.9 Å². The molecule has 0 aliphatic rings. The number of aryl methyl sites for hydroxylation is 1. The van der Waals surface area contributed by atoms with Crippen LogP contribution < -0.4 is 10.1 Å². The van der Waals surface area contributed by atoms with E-state index in [9.17, 15) is 18.0 Å². The van der Waals surface area contributed by atoms with E-state index in [1.165, 1.54) is 6.20 Å². The lowest BCUT2D eigenvalue weighted by Crippen LogP contribution is -2.15. The molecule has 0 bridgehead atoms. The maximum absolute atomic E-state index is 12.8. The fourth-order valence-electron chi connectivity index (χ4n) is 2.56. The Kier molecular flexibility index (Phi) is 7.13. The molecular weight excluding hydrogens is 435 g/mol. The Balaban J connectivity index is 1.69. The van der Waals surface area contributed by atoms with Crippen LogP contribution in [0.25, 0.3) is 0 Å². The zero-order chi connectivity index (χ0) is 22.4. The highest BCUT2D eigenvalue weighted by Crippen LogP contribution is 2.27. The number of anilines is 1. The monoisotopic (exact) mass is 453 g/mol. The summed E-state index contributed by atoms with van der Waals surface area (Å²) in [5.41, 5.74) is 0.470. The molecular formula is C19H18F3N5O3S. The van der Waals surface area contributed by atoms with E-state index >= 15 is 0 Å². The molecule has 0 saturated carbocycles. The highest BCUT2D eigenvalue weighted by atomic mass is 32.1. The molecule has 8 nitrogen and oxygen atoms in total. The van der Waals surface area contributed by atoms with Crippen LogP contribution in [0.15, 0.2) is 30.7 Å². The standard InChI is InChI=1S/C19H18F3N5O3S/c1-11-17(18(29)26-12-3-4-16(25-8-12)30-6-2-5-28)14(31-27-11)7-13-9-24-15(10-23-13)19(20,21)22/h3-4,8-10,28H,2,5-7H2,1H3,(H,26,29). The van der Waals surface area contributed by atoms with Gasteiger partial charge in [-0.2, -0.15) is 17.5 Å². The molecule has 0 unspecified atom stereocenters. The second kappa shape index (κ2) is 9.79. The number of nitrogens with zero attached hydrogens (tertiary/aromatic N) is 4. The molecule has 164 valence electrons. The highest BCUT2D eigenvalue weighted by molar-refractivity contribution is 7.06. The first-order valence-corrected chi connectivity index (χ1v) is 9.89. The number of hydrogen-bond donors (Lipinski definition) is 2. The number of carbonyl (C=O) groups is 1. The summed E-state index contributed by atoms with van der Waals surface area (Å²) in [6.45, 7) is 2.01. The van der Waals surface area contributed by atoms with E-state index in [1.807, 2.05) is 0 Å². The van der Waals surface area contributed by atoms with Crippen molar-refractivity contribution < 1.29 is 27.8 Å². The van der Waals surface area contributed by atoms with Gasteiger partial charge in [-0.1, -0.05) is 0 Å². The molecule has 31 heavy (non-hydrogen) atoms. The zero-order valence-electron chi connectivity index (χ0n) is 16.3. The second-order valence-corrected chi connectivity index (χ2v) is 7.26. The minimum absolute atomic E-state index is 0.0164. The SMILES string of the molecule is Cc1nsc(Cc2cnc(C(F)(F)F)cn2)c1C(=O)Nc1ccc(OCCCO)nc1. The van der Waals surface area contributed by atoms with Crippen molar-refractivity contribution in [2.75, 3.05) is 18.5 Å². The largest absolute Gasteiger partial charge is 0.478 e. The third-order valence-corrected chi connectivity index (χ3v) is 4.98. The van der Waals surface area contributed by atoms with Crippen molar-refractivity contribution in [2.24, 2.45) is 0 Å². The summed E-state index contributed by atoms with van der Waals surface area (Å²) in [6, 6.07) is 3.21. The van der Waals surface area contributed by atoms with Gasteiger partial charge in [0.1, 0.15) is 0 Å². The number of aliphatic hydroxyl groups is 1. The van der Waals surface area contributed by atoms with Crippen LogP contribution in [0, 0.1) is 6.92 Å². The minimum Gasteiger partial charge on any atom is -0.478 e. The van der Waals surface area contributed by atoms with Crippen LogP contribution in [0.1, 0.15) is 38.7 Å². The molecule has 2 N–H and O–H groups in total. The molecule has 0 spiro atoms. The van der Waals surface area contributed by atoms with Gasteiger partial charge < -0.3 is 15.2 Å². The number of ether oxygens (including phenoxy) is 1. The van der Waals surface area contributed by atoms with E-state index < -0.39 is 17.8 Å². The van der Waals surface area contributed by atoms with Crippen LogP contribution >= 0.6 is 11.5 Å². The van der Waals surface area contributed by atoms with Gasteiger partial charge in [-0.3, -0.25) is 9.78 Å². The van der Waals surface area contributed by atoms with Crippen molar-refractivity contribution in [3.63, 3.8) is 0 Å². The third kappa shape index (κ3) is 5.95. The fourth-order valence-corrected chi connectivity index (χ4v) is 3.44. The van der Waals surface area contributed by atoms with Crippen molar-refractivity contribution in [3.05, 3.63) is 58.2 Å². The van der Waals surface area contributed by atoms with E-state index in [0.717, 1.165) is 17.7 Å². The molecule has 3 aromatic heterocycles. The lowest BCUT2D eigenvalue weighted by molar-refractivity contribution is -0.141. The van der Waals surface area contributed by atoms with Crippen molar-refractivity contribution in [1.82, 2.24) is 19.3 Å². The number of amides is 1. The number of carbonyl (C=O) groups excluding carboxylic acids is 1. The Morgan fingerprint density at radius 1 is 1.19 bits per heavy atom. The van der Waals surface area contributed by atoms with Crippen molar-refractivity contribution >= 4 is 23.1 Å². The van der Waals surface area contributed by atoms with Gasteiger partial charge in [0.05, 0.1) is 41.6 Å². The van der Waals surface area contributed by atoms with Gasteiger partial charge >= 0.3 is 6.18 Å². The number of aliphatic hydroxyl groups excluding tert-OH is 1. The highest BCUT2D eigenvalue weighted by Gasteiger charge is 2.32. The van der Waals surface area contributed by atoms with Gasteiger partial charge in [0.15, 0.2) is 5.69 Å². The minimum atomic E-state index is -4.56. The predicted molar refractivity (Wildman–Crippen MR) is 106 cm³/mol. The van der Waals surface area contributed by atoms with E-state index in [1.54, 1.807) is 19.1 Å². The Labute approximate surface area is 179 Å². The van der Waals surface area contributed by atoms with Crippen LogP contribution in [-0.2, 0) is 12.6 Å². The van der Waals surface area contributed by atoms with Gasteiger partial charge in [-0.15, -0.1) is 0 Å². The summed E-state index contributed by atoms with van der Waals surface area (Å²) >= 11 is 1.08. The summed E-state index contributed by atoms with van der Waals surface area (Å²) in [5.74, 6) is -0.0572. The number of rotatable bonds is 8. The van der Waals surface area contributed by atoms with Gasteiger partial charge in [-0.05, 0) is 24.5 Å². The molecule has 3 aromatic rings. The molecule has 0 saturated heterocycles. The van der Waals surface area contributed by atoms with Crippen LogP contribution in [0.2, 0.25) is 0 Å². The Hall–Kier alpha value is -3.12. The molecule has 3 rings (SSSR count). The number of halogens is 3. The molecule has 0 aromatic carbocycles. The first kappa shape index (κ1) is 22.6. The van der Waals surface area contributed by atoms with E-state index in [2.05, 4.69) is 24.6 Å². The van der Waals surface area contributed by atoms with Gasteiger partial charge in [0.25, 0.3) is 5.91 Å². The van der Waals surface area contributed by atoms with Crippen LogP contribution in [-0.4, -0.2) is 43.6 Å². The lowest BCUT2D eigenvalue weighted by atomic mass is 10.1. The Morgan fingerprint density at radius 3 is 2.61 bits per heavy atom. The second-order valence-electron chi connectivity index (χ2n) is 6.40. The van der Waals surface area contributed by atoms with Crippen molar-refractivity contribution in [2.45, 2.75) is 25.9 Å². The van der Waals surface area contributed by atoms with E-state index in [4.69, 9.17) is 9.84 Å². The number of aromatic nitrogens is 4. The molecule has 3 heterocycles. The van der Waals surface area contributed by atoms with Gasteiger partial charge in [0.2, 0.25) is 5.88 Å². The van der Waals surface area contributed by atoms with Gasteiger partial charge in [-0.25, -0.2) is 9.97 Å². The number of pyridine rings is 1. The number of nitrogens with one attached hydrogen (secondary N) is 1. The Morgan fingerprint density at radius 2 is 2.00 bits per heavy atom. The summed E-state index contributed by atoms with van der Waals surface area (Å²) < 4.78 is 47.5. The summed E-state index contributed by atoms with van der Waals surface area (Å²) in [6.07, 6.45) is -0.822. The zero-order valence-corrected chi connectivity index (χ0v) is 17.1. The third-order valence-electron chi connectivity index (χ3n) is 4.04. The normalized spacial score (nSPS) is 11.4. The Bertz CT molecular complexity index is 1020. The molecule has 0 atom stereocenters. The molecule has 0 fully saturated rings. The van der Waals surface area contributed by atoms with E-state index in [-0.39, 0.29) is 18.7 Å². The molecule has 1 amide bonds. The smallest absolute Gasteiger partial charge is 0.434 e.